The molecule has 4 aromatic rings. The topological polar surface area (TPSA) is 119 Å². The van der Waals surface area contributed by atoms with Gasteiger partial charge in [-0.25, -0.2) is 9.59 Å². The Morgan fingerprint density at radius 2 is 1.17 bits per heavy atom. The molecule has 0 atom stereocenters. The Balaban J connectivity index is 2.48. The summed E-state index contributed by atoms with van der Waals surface area (Å²) in [6.07, 6.45) is 0. The molecule has 0 fully saturated rings. The van der Waals surface area contributed by atoms with Gasteiger partial charge in [0.05, 0.1) is 25.0 Å². The van der Waals surface area contributed by atoms with Crippen LogP contribution in [-0.4, -0.2) is 24.4 Å². The maximum atomic E-state index is 12.3. The molecular weight excluding hydrogens is 320 g/mol. The van der Waals surface area contributed by atoms with Crippen LogP contribution < -0.4 is 20.7 Å². The highest BCUT2D eigenvalue weighted by Crippen LogP contribution is 2.45. The molecule has 122 valence electrons. The monoisotopic (exact) mass is 330 g/mol. The first-order valence-electron chi connectivity index (χ1n) is 6.80. The van der Waals surface area contributed by atoms with Gasteiger partial charge in [-0.3, -0.25) is 0 Å². The third-order valence-electron chi connectivity index (χ3n) is 3.92. The van der Waals surface area contributed by atoms with Crippen LogP contribution in [0.5, 0.6) is 23.0 Å². The van der Waals surface area contributed by atoms with Crippen LogP contribution in [0.4, 0.5) is 0 Å². The van der Waals surface area contributed by atoms with Crippen LogP contribution >= 0.6 is 0 Å². The van der Waals surface area contributed by atoms with Gasteiger partial charge in [0.15, 0.2) is 22.7 Å². The average molecular weight is 330 g/mol. The van der Waals surface area contributed by atoms with E-state index >= 15 is 0 Å². The van der Waals surface area contributed by atoms with E-state index in [1.807, 2.05) is 0 Å². The molecule has 0 unspecified atom stereocenters. The highest BCUT2D eigenvalue weighted by Gasteiger charge is 2.25. The molecule has 2 aromatic carbocycles. The molecule has 0 saturated carbocycles. The number of aromatic hydroxyl groups is 2. The van der Waals surface area contributed by atoms with Crippen molar-refractivity contribution in [3.05, 3.63) is 33.0 Å². The minimum atomic E-state index is -0.787. The van der Waals surface area contributed by atoms with Gasteiger partial charge < -0.3 is 28.5 Å². The Kier molecular flexibility index (Phi) is 2.69. The molecule has 2 heterocycles. The molecule has 2 N–H and O–H groups in total. The molecule has 0 spiro atoms. The second kappa shape index (κ2) is 4.54. The van der Waals surface area contributed by atoms with Crippen LogP contribution in [0.15, 0.2) is 30.6 Å². The summed E-state index contributed by atoms with van der Waals surface area (Å²) in [4.78, 5) is 24.6. The summed E-state index contributed by atoms with van der Waals surface area (Å²) in [5.41, 5.74) is -1.75. The Morgan fingerprint density at radius 1 is 0.792 bits per heavy atom. The molecule has 0 radical (unpaired) electrons. The fourth-order valence-corrected chi connectivity index (χ4v) is 2.96. The third-order valence-corrected chi connectivity index (χ3v) is 3.92. The van der Waals surface area contributed by atoms with Crippen LogP contribution in [-0.2, 0) is 0 Å². The fourth-order valence-electron chi connectivity index (χ4n) is 2.96. The summed E-state index contributed by atoms with van der Waals surface area (Å²) in [7, 11) is 2.58. The van der Waals surface area contributed by atoms with E-state index in [0.29, 0.717) is 0 Å². The standard InChI is InChI=1S/C16H10O8/c1-21-11-7(17)3-5-9-10-6(15(19)23-13(9)11)4-8(18)12(22-2)14(10)24-16(5)20/h3-4,17-18H,1-2H3. The zero-order valence-electron chi connectivity index (χ0n) is 12.5. The molecule has 24 heavy (non-hydrogen) atoms. The first-order chi connectivity index (χ1) is 11.5. The SMILES string of the molecule is COc1c(O)cc2c(=O)oc3c(OC)c(O)cc4c(=O)oc1c2c34. The molecule has 0 amide bonds. The fraction of sp³-hybridized carbons (Fsp3) is 0.125. The van der Waals surface area contributed by atoms with E-state index in [2.05, 4.69) is 0 Å². The number of hydrogen-bond donors (Lipinski definition) is 2. The van der Waals surface area contributed by atoms with Crippen LogP contribution in [0.25, 0.3) is 32.7 Å². The highest BCUT2D eigenvalue weighted by molar-refractivity contribution is 6.22. The number of benzene rings is 2. The zero-order chi connectivity index (χ0) is 17.2. The lowest BCUT2D eigenvalue weighted by molar-refractivity contribution is 0.367. The normalized spacial score (nSPS) is 11.6. The van der Waals surface area contributed by atoms with E-state index in [9.17, 15) is 19.8 Å². The smallest absolute Gasteiger partial charge is 0.344 e. The number of phenolic OH excluding ortho intramolecular Hbond substituents is 2. The van der Waals surface area contributed by atoms with E-state index < -0.39 is 11.3 Å². The zero-order valence-corrected chi connectivity index (χ0v) is 12.5. The summed E-state index contributed by atoms with van der Waals surface area (Å²) in [6, 6.07) is 2.34. The Labute approximate surface area is 132 Å². The predicted octanol–water partition coefficient (Wildman–Crippen LogP) is 1.92. The van der Waals surface area contributed by atoms with Crippen molar-refractivity contribution < 1.29 is 28.5 Å². The number of hydrogen-bond acceptors (Lipinski definition) is 8. The molecule has 0 aliphatic carbocycles. The average Bonchev–Trinajstić information content (AvgIpc) is 2.54. The second-order valence-electron chi connectivity index (χ2n) is 5.14. The van der Waals surface area contributed by atoms with Gasteiger partial charge in [0.25, 0.3) is 0 Å². The summed E-state index contributed by atoms with van der Waals surface area (Å²) >= 11 is 0. The van der Waals surface area contributed by atoms with Crippen LogP contribution in [0.2, 0.25) is 0 Å². The van der Waals surface area contributed by atoms with Crippen molar-refractivity contribution in [2.75, 3.05) is 14.2 Å². The molecule has 4 rings (SSSR count). The molecule has 0 bridgehead atoms. The number of rotatable bonds is 2. The lowest BCUT2D eigenvalue weighted by Crippen LogP contribution is -2.08. The summed E-state index contributed by atoms with van der Waals surface area (Å²) in [6.45, 7) is 0. The quantitative estimate of drug-likeness (QED) is 0.422. The number of ether oxygens (including phenoxy) is 2. The van der Waals surface area contributed by atoms with Gasteiger partial charge in [-0.05, 0) is 12.1 Å². The van der Waals surface area contributed by atoms with Gasteiger partial charge in [0, 0.05) is 10.8 Å². The summed E-state index contributed by atoms with van der Waals surface area (Å²) in [5.74, 6) is -0.900. The Hall–Kier alpha value is -3.42. The lowest BCUT2D eigenvalue weighted by atomic mass is 10.0. The van der Waals surface area contributed by atoms with Gasteiger partial charge in [0.2, 0.25) is 11.5 Å². The first-order valence-corrected chi connectivity index (χ1v) is 6.80. The Morgan fingerprint density at radius 3 is 1.50 bits per heavy atom. The van der Waals surface area contributed by atoms with Crippen molar-refractivity contribution in [1.82, 2.24) is 0 Å². The Bertz CT molecular complexity index is 1130. The maximum Gasteiger partial charge on any atom is 0.344 e. The molecular formula is C16H10O8. The van der Waals surface area contributed by atoms with Crippen molar-refractivity contribution in [2.24, 2.45) is 0 Å². The molecule has 2 aromatic heterocycles. The third kappa shape index (κ3) is 1.56. The van der Waals surface area contributed by atoms with Gasteiger partial charge in [0.1, 0.15) is 0 Å². The maximum absolute atomic E-state index is 12.3. The van der Waals surface area contributed by atoms with Gasteiger partial charge >= 0.3 is 11.3 Å². The molecule has 0 aliphatic heterocycles. The first kappa shape index (κ1) is 14.2. The number of methoxy groups -OCH3 is 2. The number of phenols is 2. The minimum Gasteiger partial charge on any atom is -0.504 e. The van der Waals surface area contributed by atoms with E-state index in [4.69, 9.17) is 18.3 Å². The summed E-state index contributed by atoms with van der Waals surface area (Å²) in [5, 5.41) is 20.5. The molecule has 0 aliphatic rings. The van der Waals surface area contributed by atoms with E-state index in [1.54, 1.807) is 0 Å². The van der Waals surface area contributed by atoms with E-state index in [0.717, 1.165) is 0 Å². The van der Waals surface area contributed by atoms with Crippen molar-refractivity contribution in [3.8, 4) is 23.0 Å². The minimum absolute atomic E-state index is 0.0114. The highest BCUT2D eigenvalue weighted by atomic mass is 16.5. The van der Waals surface area contributed by atoms with Crippen molar-refractivity contribution >= 4 is 32.7 Å². The van der Waals surface area contributed by atoms with Crippen molar-refractivity contribution in [2.45, 2.75) is 0 Å². The van der Waals surface area contributed by atoms with Gasteiger partial charge in [-0.2, -0.15) is 0 Å². The van der Waals surface area contributed by atoms with E-state index in [1.165, 1.54) is 26.4 Å². The summed E-state index contributed by atoms with van der Waals surface area (Å²) < 4.78 is 20.6. The van der Waals surface area contributed by atoms with E-state index in [-0.39, 0.29) is 55.7 Å². The second-order valence-corrected chi connectivity index (χ2v) is 5.14. The van der Waals surface area contributed by atoms with Gasteiger partial charge in [-0.1, -0.05) is 0 Å². The molecule has 8 heteroatoms. The van der Waals surface area contributed by atoms with Crippen LogP contribution in [0, 0.1) is 0 Å². The van der Waals surface area contributed by atoms with Gasteiger partial charge in [-0.15, -0.1) is 0 Å². The predicted molar refractivity (Wildman–Crippen MR) is 83.7 cm³/mol. The molecule has 0 saturated heterocycles. The lowest BCUT2D eigenvalue weighted by Gasteiger charge is -2.13. The van der Waals surface area contributed by atoms with Crippen molar-refractivity contribution in [3.63, 3.8) is 0 Å². The van der Waals surface area contributed by atoms with Crippen molar-refractivity contribution in [1.29, 1.82) is 0 Å². The largest absolute Gasteiger partial charge is 0.504 e. The van der Waals surface area contributed by atoms with Crippen LogP contribution in [0.1, 0.15) is 0 Å². The van der Waals surface area contributed by atoms with Crippen LogP contribution in [0.3, 0.4) is 0 Å². The molecule has 8 nitrogen and oxygen atoms in total.